The predicted octanol–water partition coefficient (Wildman–Crippen LogP) is 3.45. The number of methoxy groups -OCH3 is 1. The number of hydrogen-bond acceptors (Lipinski definition) is 4. The molecule has 5 nitrogen and oxygen atoms in total. The van der Waals surface area contributed by atoms with Crippen molar-refractivity contribution in [2.75, 3.05) is 13.7 Å². The smallest absolute Gasteiger partial charge is 0.256 e. The van der Waals surface area contributed by atoms with Gasteiger partial charge in [-0.15, -0.1) is 0 Å². The standard InChI is InChI=1S/C16H17ClN2O3/c1-21-10-13-4-5-15(22-13)14-3-2-6-19(14)16(20)11-7-12(17)9-18-8-11/h4-5,7-9,14H,2-3,6,10H2,1H3. The maximum Gasteiger partial charge on any atom is 0.256 e. The molecule has 0 N–H and O–H groups in total. The molecule has 3 heterocycles. The summed E-state index contributed by atoms with van der Waals surface area (Å²) < 4.78 is 10.9. The summed E-state index contributed by atoms with van der Waals surface area (Å²) in [7, 11) is 1.62. The second kappa shape index (κ2) is 6.50. The van der Waals surface area contributed by atoms with Gasteiger partial charge in [0.1, 0.15) is 18.1 Å². The van der Waals surface area contributed by atoms with Gasteiger partial charge in [-0.1, -0.05) is 11.6 Å². The average molecular weight is 321 g/mol. The van der Waals surface area contributed by atoms with E-state index in [1.807, 2.05) is 17.0 Å². The molecule has 1 unspecified atom stereocenters. The Morgan fingerprint density at radius 1 is 1.50 bits per heavy atom. The molecular weight excluding hydrogens is 304 g/mol. The largest absolute Gasteiger partial charge is 0.461 e. The normalized spacial score (nSPS) is 17.9. The molecule has 3 rings (SSSR count). The molecule has 1 aliphatic rings. The van der Waals surface area contributed by atoms with Crippen LogP contribution in [0.25, 0.3) is 0 Å². The third kappa shape index (κ3) is 3.00. The van der Waals surface area contributed by atoms with Crippen LogP contribution in [0.1, 0.15) is 40.8 Å². The number of carbonyl (C=O) groups excluding carboxylic acids is 1. The number of hydrogen-bond donors (Lipinski definition) is 0. The number of furan rings is 1. The van der Waals surface area contributed by atoms with Crippen LogP contribution < -0.4 is 0 Å². The number of ether oxygens (including phenoxy) is 1. The molecular formula is C16H17ClN2O3. The minimum absolute atomic E-state index is 0.0444. The van der Waals surface area contributed by atoms with Crippen molar-refractivity contribution in [3.05, 3.63) is 52.7 Å². The molecule has 0 spiro atoms. The van der Waals surface area contributed by atoms with Crippen LogP contribution in [0, 0.1) is 0 Å². The van der Waals surface area contributed by atoms with E-state index in [2.05, 4.69) is 4.98 Å². The van der Waals surface area contributed by atoms with Crippen LogP contribution >= 0.6 is 11.6 Å². The van der Waals surface area contributed by atoms with E-state index < -0.39 is 0 Å². The molecule has 1 aliphatic heterocycles. The van der Waals surface area contributed by atoms with Gasteiger partial charge in [0.25, 0.3) is 5.91 Å². The molecule has 1 atom stereocenters. The van der Waals surface area contributed by atoms with Crippen LogP contribution in [0.4, 0.5) is 0 Å². The number of rotatable bonds is 4. The summed E-state index contributed by atoms with van der Waals surface area (Å²) in [5.74, 6) is 1.50. The Morgan fingerprint density at radius 3 is 3.14 bits per heavy atom. The van der Waals surface area contributed by atoms with Gasteiger partial charge in [-0.3, -0.25) is 9.78 Å². The lowest BCUT2D eigenvalue weighted by molar-refractivity contribution is 0.0715. The van der Waals surface area contributed by atoms with Crippen molar-refractivity contribution in [1.29, 1.82) is 0 Å². The highest BCUT2D eigenvalue weighted by atomic mass is 35.5. The first-order chi connectivity index (χ1) is 10.7. The molecule has 0 radical (unpaired) electrons. The maximum atomic E-state index is 12.7. The summed E-state index contributed by atoms with van der Waals surface area (Å²) in [6, 6.07) is 5.41. The van der Waals surface area contributed by atoms with Gasteiger partial charge in [-0.2, -0.15) is 0 Å². The molecule has 1 amide bonds. The fraction of sp³-hybridized carbons (Fsp3) is 0.375. The average Bonchev–Trinajstić information content (AvgIpc) is 3.15. The Labute approximate surface area is 133 Å². The van der Waals surface area contributed by atoms with Gasteiger partial charge < -0.3 is 14.1 Å². The van der Waals surface area contributed by atoms with Crippen LogP contribution in [0.3, 0.4) is 0 Å². The van der Waals surface area contributed by atoms with Crippen LogP contribution in [-0.4, -0.2) is 29.4 Å². The Hall–Kier alpha value is -1.85. The molecule has 1 fully saturated rings. The zero-order valence-corrected chi connectivity index (χ0v) is 13.0. The van der Waals surface area contributed by atoms with Gasteiger partial charge >= 0.3 is 0 Å². The van der Waals surface area contributed by atoms with Crippen molar-refractivity contribution in [1.82, 2.24) is 9.88 Å². The molecule has 2 aromatic rings. The summed E-state index contributed by atoms with van der Waals surface area (Å²) in [6.45, 7) is 1.13. The van der Waals surface area contributed by atoms with E-state index in [1.54, 1.807) is 19.4 Å². The number of halogens is 1. The lowest BCUT2D eigenvalue weighted by Gasteiger charge is -2.23. The van der Waals surface area contributed by atoms with Crippen molar-refractivity contribution < 1.29 is 13.9 Å². The molecule has 0 aromatic carbocycles. The minimum atomic E-state index is -0.0674. The number of amides is 1. The van der Waals surface area contributed by atoms with Gasteiger partial charge in [0.15, 0.2) is 0 Å². The quantitative estimate of drug-likeness (QED) is 0.865. The number of pyridine rings is 1. The van der Waals surface area contributed by atoms with Crippen molar-refractivity contribution >= 4 is 17.5 Å². The minimum Gasteiger partial charge on any atom is -0.461 e. The van der Waals surface area contributed by atoms with Crippen molar-refractivity contribution in [2.45, 2.75) is 25.5 Å². The summed E-state index contributed by atoms with van der Waals surface area (Å²) >= 11 is 5.92. The van der Waals surface area contributed by atoms with E-state index >= 15 is 0 Å². The van der Waals surface area contributed by atoms with Crippen LogP contribution in [0.5, 0.6) is 0 Å². The zero-order chi connectivity index (χ0) is 15.5. The van der Waals surface area contributed by atoms with E-state index in [1.165, 1.54) is 6.20 Å². The fourth-order valence-corrected chi connectivity index (χ4v) is 2.97. The third-order valence-corrected chi connectivity index (χ3v) is 3.97. The predicted molar refractivity (Wildman–Crippen MR) is 81.7 cm³/mol. The van der Waals surface area contributed by atoms with Gasteiger partial charge in [0.2, 0.25) is 0 Å². The molecule has 2 aromatic heterocycles. The lowest BCUT2D eigenvalue weighted by atomic mass is 10.1. The number of carbonyl (C=O) groups is 1. The number of nitrogens with zero attached hydrogens (tertiary/aromatic N) is 2. The lowest BCUT2D eigenvalue weighted by Crippen LogP contribution is -2.30. The molecule has 1 saturated heterocycles. The Morgan fingerprint density at radius 2 is 2.36 bits per heavy atom. The van der Waals surface area contributed by atoms with E-state index in [0.717, 1.165) is 24.4 Å². The van der Waals surface area contributed by atoms with Gasteiger partial charge in [0, 0.05) is 26.0 Å². The first-order valence-corrected chi connectivity index (χ1v) is 7.56. The fourth-order valence-electron chi connectivity index (χ4n) is 2.79. The Balaban J connectivity index is 1.81. The number of likely N-dealkylation sites (tertiary alicyclic amines) is 1. The maximum absolute atomic E-state index is 12.7. The summed E-state index contributed by atoms with van der Waals surface area (Å²) in [5, 5.41) is 0.460. The van der Waals surface area contributed by atoms with Gasteiger partial charge in [-0.05, 0) is 31.0 Å². The summed E-state index contributed by atoms with van der Waals surface area (Å²) in [6.07, 6.45) is 4.90. The van der Waals surface area contributed by atoms with E-state index in [0.29, 0.717) is 23.7 Å². The second-order valence-corrected chi connectivity index (χ2v) is 5.72. The van der Waals surface area contributed by atoms with E-state index in [4.69, 9.17) is 20.8 Å². The SMILES string of the molecule is COCc1ccc(C2CCCN2C(=O)c2cncc(Cl)c2)o1. The second-order valence-electron chi connectivity index (χ2n) is 5.29. The van der Waals surface area contributed by atoms with Crippen molar-refractivity contribution in [3.63, 3.8) is 0 Å². The van der Waals surface area contributed by atoms with Crippen LogP contribution in [-0.2, 0) is 11.3 Å². The van der Waals surface area contributed by atoms with Crippen molar-refractivity contribution in [2.24, 2.45) is 0 Å². The Bertz CT molecular complexity index is 671. The van der Waals surface area contributed by atoms with Crippen LogP contribution in [0.2, 0.25) is 5.02 Å². The topological polar surface area (TPSA) is 55.6 Å². The van der Waals surface area contributed by atoms with Crippen LogP contribution in [0.15, 0.2) is 35.0 Å². The Kier molecular flexibility index (Phi) is 4.45. The molecule has 6 heteroatoms. The summed E-state index contributed by atoms with van der Waals surface area (Å²) in [4.78, 5) is 18.5. The molecule has 0 saturated carbocycles. The molecule has 0 bridgehead atoms. The van der Waals surface area contributed by atoms with E-state index in [-0.39, 0.29) is 11.9 Å². The highest BCUT2D eigenvalue weighted by Crippen LogP contribution is 2.34. The summed E-state index contributed by atoms with van der Waals surface area (Å²) in [5.41, 5.74) is 0.503. The molecule has 116 valence electrons. The molecule has 22 heavy (non-hydrogen) atoms. The van der Waals surface area contributed by atoms with Gasteiger partial charge in [0.05, 0.1) is 16.6 Å². The first kappa shape index (κ1) is 15.1. The number of aromatic nitrogens is 1. The van der Waals surface area contributed by atoms with E-state index in [9.17, 15) is 4.79 Å². The first-order valence-electron chi connectivity index (χ1n) is 7.18. The molecule has 0 aliphatic carbocycles. The zero-order valence-electron chi connectivity index (χ0n) is 12.3. The highest BCUT2D eigenvalue weighted by molar-refractivity contribution is 6.30. The third-order valence-electron chi connectivity index (χ3n) is 3.76. The monoisotopic (exact) mass is 320 g/mol. The highest BCUT2D eigenvalue weighted by Gasteiger charge is 2.32. The van der Waals surface area contributed by atoms with Gasteiger partial charge in [-0.25, -0.2) is 0 Å². The van der Waals surface area contributed by atoms with Crippen molar-refractivity contribution in [3.8, 4) is 0 Å².